The second-order valence-corrected chi connectivity index (χ2v) is 3.60. The molecule has 0 bridgehead atoms. The quantitative estimate of drug-likeness (QED) is 0.741. The second-order valence-electron chi connectivity index (χ2n) is 3.60. The third-order valence-corrected chi connectivity index (χ3v) is 2.02. The Bertz CT molecular complexity index is 353. The van der Waals surface area contributed by atoms with E-state index in [9.17, 15) is 4.79 Å². The minimum atomic E-state index is -0.227. The van der Waals surface area contributed by atoms with Crippen LogP contribution in [-0.4, -0.2) is 42.3 Å². The normalized spacial score (nSPS) is 11.9. The minimum absolute atomic E-state index is 0.00428. The molecule has 0 saturated heterocycles. The van der Waals surface area contributed by atoms with Crippen LogP contribution in [0, 0.1) is 0 Å². The van der Waals surface area contributed by atoms with Gasteiger partial charge >= 0.3 is 0 Å². The molecule has 0 aliphatic rings. The molecule has 2 N–H and O–H groups in total. The summed E-state index contributed by atoms with van der Waals surface area (Å²) in [7, 11) is 1.85. The van der Waals surface area contributed by atoms with E-state index in [0.717, 1.165) is 6.54 Å². The molecule has 0 fully saturated rings. The monoisotopic (exact) mass is 238 g/mol. The Labute approximate surface area is 101 Å². The first-order valence-electron chi connectivity index (χ1n) is 5.60. The molecular weight excluding hydrogens is 220 g/mol. The summed E-state index contributed by atoms with van der Waals surface area (Å²) < 4.78 is 5.48. The van der Waals surface area contributed by atoms with Gasteiger partial charge in [0.1, 0.15) is 6.10 Å². The van der Waals surface area contributed by atoms with Crippen LogP contribution in [0.3, 0.4) is 0 Å². The fraction of sp³-hybridized carbons (Fsp3) is 0.545. The molecule has 0 aliphatic carbocycles. The fourth-order valence-electron chi connectivity index (χ4n) is 1.29. The molecule has 0 aliphatic heterocycles. The smallest absolute Gasteiger partial charge is 0.271 e. The highest BCUT2D eigenvalue weighted by Gasteiger charge is 2.08. The highest BCUT2D eigenvalue weighted by Crippen LogP contribution is 2.07. The van der Waals surface area contributed by atoms with E-state index >= 15 is 0 Å². The summed E-state index contributed by atoms with van der Waals surface area (Å²) in [6.07, 6.45) is 0.00428. The number of ether oxygens (including phenoxy) is 1. The Hall–Kier alpha value is -1.69. The third kappa shape index (κ3) is 4.36. The summed E-state index contributed by atoms with van der Waals surface area (Å²) in [5, 5.41) is 13.3. The molecule has 1 amide bonds. The topological polar surface area (TPSA) is 76.1 Å². The van der Waals surface area contributed by atoms with Crippen molar-refractivity contribution in [1.29, 1.82) is 0 Å². The van der Waals surface area contributed by atoms with Gasteiger partial charge in [-0.25, -0.2) is 0 Å². The minimum Gasteiger partial charge on any atom is -0.472 e. The van der Waals surface area contributed by atoms with Gasteiger partial charge in [-0.3, -0.25) is 4.79 Å². The third-order valence-electron chi connectivity index (χ3n) is 2.02. The highest BCUT2D eigenvalue weighted by molar-refractivity contribution is 5.91. The van der Waals surface area contributed by atoms with E-state index < -0.39 is 0 Å². The van der Waals surface area contributed by atoms with Crippen LogP contribution in [0.2, 0.25) is 0 Å². The number of nitrogens with zero attached hydrogens (tertiary/aromatic N) is 2. The molecule has 94 valence electrons. The standard InChI is InChI=1S/C11H18N4O2/c1-4-13-11(16)9-5-6-10(15-14-9)17-8(2)7-12-3/h5-6,8,12H,4,7H2,1-3H3,(H,13,16). The summed E-state index contributed by atoms with van der Waals surface area (Å²) in [5.41, 5.74) is 0.292. The molecule has 6 nitrogen and oxygen atoms in total. The maximum atomic E-state index is 11.4. The van der Waals surface area contributed by atoms with Gasteiger partial charge < -0.3 is 15.4 Å². The molecule has 0 aromatic carbocycles. The molecule has 1 aromatic rings. The predicted molar refractivity (Wildman–Crippen MR) is 64.1 cm³/mol. The van der Waals surface area contributed by atoms with E-state index in [4.69, 9.17) is 4.74 Å². The highest BCUT2D eigenvalue weighted by atomic mass is 16.5. The average molecular weight is 238 g/mol. The lowest BCUT2D eigenvalue weighted by molar-refractivity contribution is 0.0949. The van der Waals surface area contributed by atoms with Gasteiger partial charge in [0.25, 0.3) is 5.91 Å². The molecule has 1 aromatic heterocycles. The van der Waals surface area contributed by atoms with E-state index in [-0.39, 0.29) is 12.0 Å². The first-order valence-corrected chi connectivity index (χ1v) is 5.60. The Morgan fingerprint density at radius 2 is 2.24 bits per heavy atom. The number of carbonyl (C=O) groups is 1. The number of rotatable bonds is 6. The van der Waals surface area contributed by atoms with Crippen LogP contribution < -0.4 is 15.4 Å². The van der Waals surface area contributed by atoms with Crippen molar-refractivity contribution >= 4 is 5.91 Å². The second kappa shape index (κ2) is 6.80. The molecule has 1 rings (SSSR count). The number of likely N-dealkylation sites (N-methyl/N-ethyl adjacent to an activating group) is 1. The van der Waals surface area contributed by atoms with Crippen molar-refractivity contribution in [3.05, 3.63) is 17.8 Å². The lowest BCUT2D eigenvalue weighted by atomic mass is 10.3. The van der Waals surface area contributed by atoms with Crippen LogP contribution in [0.15, 0.2) is 12.1 Å². The maximum Gasteiger partial charge on any atom is 0.271 e. The first kappa shape index (κ1) is 13.4. The number of aromatic nitrogens is 2. The van der Waals surface area contributed by atoms with Crippen molar-refractivity contribution in [3.63, 3.8) is 0 Å². The van der Waals surface area contributed by atoms with E-state index in [1.165, 1.54) is 0 Å². The van der Waals surface area contributed by atoms with Gasteiger partial charge in [-0.1, -0.05) is 0 Å². The van der Waals surface area contributed by atoms with Crippen molar-refractivity contribution in [3.8, 4) is 5.88 Å². The molecule has 1 heterocycles. The molecule has 1 atom stereocenters. The number of carbonyl (C=O) groups excluding carboxylic acids is 1. The largest absolute Gasteiger partial charge is 0.472 e. The number of amides is 1. The molecule has 0 saturated carbocycles. The molecular formula is C11H18N4O2. The van der Waals surface area contributed by atoms with E-state index in [2.05, 4.69) is 20.8 Å². The Morgan fingerprint density at radius 1 is 1.47 bits per heavy atom. The van der Waals surface area contributed by atoms with Crippen molar-refractivity contribution < 1.29 is 9.53 Å². The molecule has 17 heavy (non-hydrogen) atoms. The average Bonchev–Trinajstić information content (AvgIpc) is 2.30. The van der Waals surface area contributed by atoms with Crippen molar-refractivity contribution in [1.82, 2.24) is 20.8 Å². The van der Waals surface area contributed by atoms with Gasteiger partial charge in [0.15, 0.2) is 5.69 Å². The van der Waals surface area contributed by atoms with Gasteiger partial charge in [0.05, 0.1) is 0 Å². The molecule has 6 heteroatoms. The summed E-state index contributed by atoms with van der Waals surface area (Å²) in [6, 6.07) is 3.24. The summed E-state index contributed by atoms with van der Waals surface area (Å²) >= 11 is 0. The van der Waals surface area contributed by atoms with E-state index in [1.54, 1.807) is 12.1 Å². The Morgan fingerprint density at radius 3 is 2.76 bits per heavy atom. The molecule has 1 unspecified atom stereocenters. The lowest BCUT2D eigenvalue weighted by Crippen LogP contribution is -2.27. The van der Waals surface area contributed by atoms with Crippen LogP contribution in [0.1, 0.15) is 24.3 Å². The van der Waals surface area contributed by atoms with Crippen LogP contribution in [0.4, 0.5) is 0 Å². The van der Waals surface area contributed by atoms with Gasteiger partial charge in [-0.15, -0.1) is 10.2 Å². The van der Waals surface area contributed by atoms with E-state index in [1.807, 2.05) is 20.9 Å². The number of hydrogen-bond donors (Lipinski definition) is 2. The van der Waals surface area contributed by atoms with Gasteiger partial charge in [-0.05, 0) is 27.0 Å². The van der Waals surface area contributed by atoms with Gasteiger partial charge in [0.2, 0.25) is 5.88 Å². The summed E-state index contributed by atoms with van der Waals surface area (Å²) in [5.74, 6) is 0.190. The van der Waals surface area contributed by atoms with Gasteiger partial charge in [-0.2, -0.15) is 0 Å². The molecule has 0 spiro atoms. The SMILES string of the molecule is CCNC(=O)c1ccc(OC(C)CNC)nn1. The Balaban J connectivity index is 2.58. The fourth-order valence-corrected chi connectivity index (χ4v) is 1.29. The summed E-state index contributed by atoms with van der Waals surface area (Å²) in [4.78, 5) is 11.4. The molecule has 0 radical (unpaired) electrons. The van der Waals surface area contributed by atoms with Crippen LogP contribution in [0.5, 0.6) is 5.88 Å². The Kier molecular flexibility index (Phi) is 5.35. The zero-order valence-corrected chi connectivity index (χ0v) is 10.4. The van der Waals surface area contributed by atoms with Crippen LogP contribution >= 0.6 is 0 Å². The van der Waals surface area contributed by atoms with Crippen molar-refractivity contribution in [2.24, 2.45) is 0 Å². The van der Waals surface area contributed by atoms with E-state index in [0.29, 0.717) is 18.1 Å². The lowest BCUT2D eigenvalue weighted by Gasteiger charge is -2.12. The van der Waals surface area contributed by atoms with Crippen LogP contribution in [-0.2, 0) is 0 Å². The van der Waals surface area contributed by atoms with Gasteiger partial charge in [0, 0.05) is 19.2 Å². The maximum absolute atomic E-state index is 11.4. The number of hydrogen-bond acceptors (Lipinski definition) is 5. The zero-order chi connectivity index (χ0) is 12.7. The van der Waals surface area contributed by atoms with Crippen molar-refractivity contribution in [2.45, 2.75) is 20.0 Å². The predicted octanol–water partition coefficient (Wildman–Crippen LogP) is 0.213. The zero-order valence-electron chi connectivity index (χ0n) is 10.4. The van der Waals surface area contributed by atoms with Crippen molar-refractivity contribution in [2.75, 3.05) is 20.1 Å². The van der Waals surface area contributed by atoms with Crippen LogP contribution in [0.25, 0.3) is 0 Å². The summed E-state index contributed by atoms with van der Waals surface area (Å²) in [6.45, 7) is 5.07. The number of nitrogens with one attached hydrogen (secondary N) is 2. The first-order chi connectivity index (χ1) is 8.17.